The number of anilines is 1. The highest BCUT2D eigenvalue weighted by atomic mass is 35.5. The van der Waals surface area contributed by atoms with Gasteiger partial charge in [-0.2, -0.15) is 0 Å². The summed E-state index contributed by atoms with van der Waals surface area (Å²) in [5, 5.41) is 6.18. The molecular weight excluding hydrogens is 309 g/mol. The van der Waals surface area contributed by atoms with Crippen molar-refractivity contribution in [2.45, 2.75) is 13.3 Å². The second kappa shape index (κ2) is 9.87. The largest absolute Gasteiger partial charge is 0.375 e. The predicted molar refractivity (Wildman–Crippen MR) is 93.2 cm³/mol. The molecule has 2 N–H and O–H groups in total. The standard InChI is InChI=1S/C15H23N3O.2ClH/c1-3-8-18(2)14-6-4-13(5-7-14)15(19)17-11-12-9-16-10-12;;/h4-7,12,16H,3,8-11H2,1-2H3,(H,17,19);2*1H. The molecule has 1 saturated heterocycles. The zero-order valence-corrected chi connectivity index (χ0v) is 14.2. The van der Waals surface area contributed by atoms with Crippen LogP contribution in [-0.2, 0) is 0 Å². The quantitative estimate of drug-likeness (QED) is 0.839. The number of nitrogens with one attached hydrogen (secondary N) is 2. The van der Waals surface area contributed by atoms with Crippen LogP contribution in [0.2, 0.25) is 0 Å². The molecule has 1 aliphatic heterocycles. The van der Waals surface area contributed by atoms with Crippen LogP contribution in [0.1, 0.15) is 23.7 Å². The first-order chi connectivity index (χ1) is 9.20. The van der Waals surface area contributed by atoms with Crippen molar-refractivity contribution in [3.8, 4) is 0 Å². The Bertz CT molecular complexity index is 421. The number of carbonyl (C=O) groups excluding carboxylic acids is 1. The molecule has 120 valence electrons. The molecule has 0 aliphatic carbocycles. The summed E-state index contributed by atoms with van der Waals surface area (Å²) in [6.45, 7) is 5.99. The third-order valence-corrected chi connectivity index (χ3v) is 3.55. The van der Waals surface area contributed by atoms with Crippen LogP contribution in [0.3, 0.4) is 0 Å². The number of carbonyl (C=O) groups is 1. The minimum Gasteiger partial charge on any atom is -0.375 e. The molecule has 0 radical (unpaired) electrons. The number of amides is 1. The fraction of sp³-hybridized carbons (Fsp3) is 0.533. The summed E-state index contributed by atoms with van der Waals surface area (Å²) in [6, 6.07) is 7.82. The van der Waals surface area contributed by atoms with E-state index in [0.717, 1.165) is 43.9 Å². The van der Waals surface area contributed by atoms with Crippen molar-refractivity contribution in [2.75, 3.05) is 38.1 Å². The highest BCUT2D eigenvalue weighted by Crippen LogP contribution is 2.14. The molecule has 1 aromatic carbocycles. The number of halogens is 2. The number of nitrogens with zero attached hydrogens (tertiary/aromatic N) is 1. The van der Waals surface area contributed by atoms with E-state index in [-0.39, 0.29) is 30.7 Å². The SMILES string of the molecule is CCCN(C)c1ccc(C(=O)NCC2CNC2)cc1.Cl.Cl. The van der Waals surface area contributed by atoms with Crippen LogP contribution in [0.4, 0.5) is 5.69 Å². The average Bonchev–Trinajstić information content (AvgIpc) is 2.37. The molecule has 6 heteroatoms. The molecule has 0 aromatic heterocycles. The lowest BCUT2D eigenvalue weighted by Crippen LogP contribution is -2.48. The maximum absolute atomic E-state index is 12.0. The Hall–Kier alpha value is -0.970. The summed E-state index contributed by atoms with van der Waals surface area (Å²) < 4.78 is 0. The monoisotopic (exact) mass is 333 g/mol. The summed E-state index contributed by atoms with van der Waals surface area (Å²) in [4.78, 5) is 14.1. The maximum atomic E-state index is 12.0. The molecule has 1 aromatic rings. The van der Waals surface area contributed by atoms with Crippen molar-refractivity contribution in [1.29, 1.82) is 0 Å². The molecule has 4 nitrogen and oxygen atoms in total. The Morgan fingerprint density at radius 1 is 1.29 bits per heavy atom. The maximum Gasteiger partial charge on any atom is 0.251 e. The first-order valence-electron chi connectivity index (χ1n) is 7.01. The van der Waals surface area contributed by atoms with Gasteiger partial charge in [0.2, 0.25) is 0 Å². The van der Waals surface area contributed by atoms with Gasteiger partial charge in [-0.05, 0) is 30.7 Å². The molecular formula is C15H25Cl2N3O. The van der Waals surface area contributed by atoms with Gasteiger partial charge in [-0.1, -0.05) is 6.92 Å². The van der Waals surface area contributed by atoms with Crippen LogP contribution in [-0.4, -0.2) is 39.1 Å². The van der Waals surface area contributed by atoms with E-state index in [1.165, 1.54) is 0 Å². The Kier molecular flexibility index (Phi) is 9.42. The van der Waals surface area contributed by atoms with Gasteiger partial charge in [0.05, 0.1) is 0 Å². The molecule has 21 heavy (non-hydrogen) atoms. The molecule has 0 unspecified atom stereocenters. The second-order valence-corrected chi connectivity index (χ2v) is 5.20. The molecule has 2 rings (SSSR count). The van der Waals surface area contributed by atoms with Gasteiger partial charge in [0.15, 0.2) is 0 Å². The summed E-state index contributed by atoms with van der Waals surface area (Å²) in [7, 11) is 2.07. The molecule has 0 bridgehead atoms. The van der Waals surface area contributed by atoms with Crippen molar-refractivity contribution in [2.24, 2.45) is 5.92 Å². The first kappa shape index (κ1) is 20.0. The normalized spacial score (nSPS) is 13.4. The lowest BCUT2D eigenvalue weighted by atomic mass is 10.0. The predicted octanol–water partition coefficient (Wildman–Crippen LogP) is 2.33. The van der Waals surface area contributed by atoms with Gasteiger partial charge in [0.1, 0.15) is 0 Å². The molecule has 0 saturated carbocycles. The van der Waals surface area contributed by atoms with Gasteiger partial charge in [-0.15, -0.1) is 24.8 Å². The Balaban J connectivity index is 0.00000200. The summed E-state index contributed by atoms with van der Waals surface area (Å²) in [5.74, 6) is 0.621. The van der Waals surface area contributed by atoms with Crippen LogP contribution < -0.4 is 15.5 Å². The number of rotatable bonds is 6. The Labute approximate surface area is 139 Å². The Morgan fingerprint density at radius 3 is 2.38 bits per heavy atom. The molecule has 1 fully saturated rings. The van der Waals surface area contributed by atoms with Gasteiger partial charge in [0.25, 0.3) is 5.91 Å². The highest BCUT2D eigenvalue weighted by molar-refractivity contribution is 5.94. The molecule has 1 heterocycles. The zero-order valence-electron chi connectivity index (χ0n) is 12.6. The summed E-state index contributed by atoms with van der Waals surface area (Å²) >= 11 is 0. The van der Waals surface area contributed by atoms with E-state index >= 15 is 0 Å². The Morgan fingerprint density at radius 2 is 1.90 bits per heavy atom. The van der Waals surface area contributed by atoms with Crippen LogP contribution in [0.15, 0.2) is 24.3 Å². The molecule has 0 spiro atoms. The smallest absolute Gasteiger partial charge is 0.251 e. The topological polar surface area (TPSA) is 44.4 Å². The van der Waals surface area contributed by atoms with Crippen molar-refractivity contribution < 1.29 is 4.79 Å². The number of benzene rings is 1. The van der Waals surface area contributed by atoms with E-state index < -0.39 is 0 Å². The first-order valence-corrected chi connectivity index (χ1v) is 7.01. The summed E-state index contributed by atoms with van der Waals surface area (Å²) in [5.41, 5.74) is 1.89. The van der Waals surface area contributed by atoms with Crippen LogP contribution in [0, 0.1) is 5.92 Å². The van der Waals surface area contributed by atoms with E-state index in [1.54, 1.807) is 0 Å². The highest BCUT2D eigenvalue weighted by Gasteiger charge is 2.17. The fourth-order valence-corrected chi connectivity index (χ4v) is 2.16. The molecule has 1 amide bonds. The van der Waals surface area contributed by atoms with Crippen molar-refractivity contribution in [3.05, 3.63) is 29.8 Å². The van der Waals surface area contributed by atoms with Crippen molar-refractivity contribution in [1.82, 2.24) is 10.6 Å². The zero-order chi connectivity index (χ0) is 13.7. The fourth-order valence-electron chi connectivity index (χ4n) is 2.16. The summed E-state index contributed by atoms with van der Waals surface area (Å²) in [6.07, 6.45) is 1.12. The van der Waals surface area contributed by atoms with Crippen molar-refractivity contribution >= 4 is 36.4 Å². The third kappa shape index (κ3) is 5.73. The van der Waals surface area contributed by atoms with E-state index in [4.69, 9.17) is 0 Å². The van der Waals surface area contributed by atoms with Gasteiger partial charge < -0.3 is 15.5 Å². The van der Waals surface area contributed by atoms with Gasteiger partial charge in [0, 0.05) is 50.4 Å². The van der Waals surface area contributed by atoms with Gasteiger partial charge in [-0.25, -0.2) is 0 Å². The van der Waals surface area contributed by atoms with Gasteiger partial charge >= 0.3 is 0 Å². The van der Waals surface area contributed by atoms with Crippen LogP contribution in [0.5, 0.6) is 0 Å². The minimum atomic E-state index is 0. The third-order valence-electron chi connectivity index (χ3n) is 3.55. The molecule has 0 atom stereocenters. The van der Waals surface area contributed by atoms with Crippen LogP contribution >= 0.6 is 24.8 Å². The van der Waals surface area contributed by atoms with E-state index in [2.05, 4.69) is 29.5 Å². The van der Waals surface area contributed by atoms with Crippen molar-refractivity contribution in [3.63, 3.8) is 0 Å². The lowest BCUT2D eigenvalue weighted by Gasteiger charge is -2.27. The van der Waals surface area contributed by atoms with E-state index in [9.17, 15) is 4.79 Å². The van der Waals surface area contributed by atoms with E-state index in [1.807, 2.05) is 24.3 Å². The van der Waals surface area contributed by atoms with Crippen LogP contribution in [0.25, 0.3) is 0 Å². The minimum absolute atomic E-state index is 0. The van der Waals surface area contributed by atoms with E-state index in [0.29, 0.717) is 5.92 Å². The number of hydrogen-bond donors (Lipinski definition) is 2. The van der Waals surface area contributed by atoms with Gasteiger partial charge in [-0.3, -0.25) is 4.79 Å². The molecule has 1 aliphatic rings. The second-order valence-electron chi connectivity index (χ2n) is 5.20. The average molecular weight is 334 g/mol. The number of hydrogen-bond acceptors (Lipinski definition) is 3. The lowest BCUT2D eigenvalue weighted by molar-refractivity contribution is 0.0942.